The number of pyridine rings is 1. The monoisotopic (exact) mass is 271 g/mol. The molecule has 104 valence electrons. The Hall–Kier alpha value is -2.37. The highest BCUT2D eigenvalue weighted by molar-refractivity contribution is 5.96. The van der Waals surface area contributed by atoms with E-state index in [0.717, 1.165) is 42.5 Å². The average Bonchev–Trinajstić information content (AvgIpc) is 2.77. The van der Waals surface area contributed by atoms with Crippen molar-refractivity contribution in [2.45, 2.75) is 32.6 Å². The van der Waals surface area contributed by atoms with Crippen molar-refractivity contribution in [3.8, 4) is 5.82 Å². The summed E-state index contributed by atoms with van der Waals surface area (Å²) in [6.45, 7) is 1.86. The summed E-state index contributed by atoms with van der Waals surface area (Å²) < 4.78 is 1.54. The Morgan fingerprint density at radius 3 is 2.75 bits per heavy atom. The fraction of sp³-hybridized carbons (Fsp3) is 0.357. The van der Waals surface area contributed by atoms with Gasteiger partial charge in [0, 0.05) is 17.5 Å². The molecule has 0 radical (unpaired) electrons. The van der Waals surface area contributed by atoms with Gasteiger partial charge in [0.1, 0.15) is 5.82 Å². The first-order valence-corrected chi connectivity index (χ1v) is 6.71. The predicted molar refractivity (Wildman–Crippen MR) is 75.7 cm³/mol. The molecule has 0 unspecified atom stereocenters. The van der Waals surface area contributed by atoms with E-state index in [1.54, 1.807) is 10.9 Å². The number of nitrogens with zero attached hydrogens (tertiary/aromatic N) is 3. The van der Waals surface area contributed by atoms with Crippen LogP contribution in [0.15, 0.2) is 12.3 Å². The molecule has 0 spiro atoms. The number of amides is 1. The number of hydrogen-bond donors (Lipinski definition) is 2. The standard InChI is InChI=1S/C14H17N5O/c1-8-7-19(18-12(8)15)14-10(13(16)20)6-9-4-2-3-5-11(9)17-14/h6-7H,2-5H2,1H3,(H2,15,18)(H2,16,20). The molecule has 4 N–H and O–H groups in total. The molecule has 0 saturated carbocycles. The van der Waals surface area contributed by atoms with Crippen molar-refractivity contribution in [1.82, 2.24) is 14.8 Å². The van der Waals surface area contributed by atoms with E-state index in [-0.39, 0.29) is 0 Å². The number of nitrogen functional groups attached to an aromatic ring is 1. The van der Waals surface area contributed by atoms with E-state index in [1.807, 2.05) is 13.0 Å². The molecule has 0 aliphatic heterocycles. The van der Waals surface area contributed by atoms with Gasteiger partial charge in [0.05, 0.1) is 5.56 Å². The van der Waals surface area contributed by atoms with Crippen LogP contribution in [0.4, 0.5) is 5.82 Å². The Balaban J connectivity index is 2.19. The highest BCUT2D eigenvalue weighted by atomic mass is 16.1. The molecule has 2 aromatic heterocycles. The van der Waals surface area contributed by atoms with Gasteiger partial charge in [-0.05, 0) is 44.2 Å². The summed E-state index contributed by atoms with van der Waals surface area (Å²) in [5.41, 5.74) is 14.6. The molecule has 0 aromatic carbocycles. The summed E-state index contributed by atoms with van der Waals surface area (Å²) in [5.74, 6) is 0.408. The van der Waals surface area contributed by atoms with Crippen LogP contribution in [0.25, 0.3) is 5.82 Å². The molecule has 6 nitrogen and oxygen atoms in total. The van der Waals surface area contributed by atoms with Crippen molar-refractivity contribution in [2.75, 3.05) is 5.73 Å². The topological polar surface area (TPSA) is 99.8 Å². The Morgan fingerprint density at radius 2 is 2.10 bits per heavy atom. The molecule has 1 aliphatic carbocycles. The first-order valence-electron chi connectivity index (χ1n) is 6.71. The molecule has 1 amide bonds. The van der Waals surface area contributed by atoms with E-state index < -0.39 is 5.91 Å². The minimum absolute atomic E-state index is 0.396. The number of primary amides is 1. The molecule has 3 rings (SSSR count). The third-order valence-electron chi connectivity index (χ3n) is 3.70. The van der Waals surface area contributed by atoms with Crippen molar-refractivity contribution in [3.63, 3.8) is 0 Å². The molecular weight excluding hydrogens is 254 g/mol. The fourth-order valence-electron chi connectivity index (χ4n) is 2.56. The maximum atomic E-state index is 11.7. The first kappa shape index (κ1) is 12.7. The van der Waals surface area contributed by atoms with E-state index in [0.29, 0.717) is 17.2 Å². The number of nitrogens with two attached hydrogens (primary N) is 2. The van der Waals surface area contributed by atoms with Crippen LogP contribution in [0, 0.1) is 6.92 Å². The van der Waals surface area contributed by atoms with Gasteiger partial charge in [-0.3, -0.25) is 4.79 Å². The van der Waals surface area contributed by atoms with Crippen LogP contribution < -0.4 is 11.5 Å². The Morgan fingerprint density at radius 1 is 1.35 bits per heavy atom. The van der Waals surface area contributed by atoms with Crippen molar-refractivity contribution in [2.24, 2.45) is 5.73 Å². The first-order chi connectivity index (χ1) is 9.56. The Kier molecular flexibility index (Phi) is 2.93. The van der Waals surface area contributed by atoms with Gasteiger partial charge in [-0.15, -0.1) is 5.10 Å². The number of carbonyl (C=O) groups excluding carboxylic acids is 1. The molecular formula is C14H17N5O. The third-order valence-corrected chi connectivity index (χ3v) is 3.70. The largest absolute Gasteiger partial charge is 0.382 e. The highest BCUT2D eigenvalue weighted by Gasteiger charge is 2.19. The number of rotatable bonds is 2. The van der Waals surface area contributed by atoms with E-state index in [2.05, 4.69) is 10.1 Å². The smallest absolute Gasteiger partial charge is 0.252 e. The molecule has 6 heteroatoms. The van der Waals surface area contributed by atoms with Crippen LogP contribution in [0.3, 0.4) is 0 Å². The summed E-state index contributed by atoms with van der Waals surface area (Å²) >= 11 is 0. The summed E-state index contributed by atoms with van der Waals surface area (Å²) in [4.78, 5) is 16.3. The van der Waals surface area contributed by atoms with Gasteiger partial charge in [-0.25, -0.2) is 9.67 Å². The normalized spacial score (nSPS) is 14.1. The molecule has 0 fully saturated rings. The van der Waals surface area contributed by atoms with Crippen LogP contribution in [0.1, 0.15) is 40.0 Å². The van der Waals surface area contributed by atoms with Crippen molar-refractivity contribution in [3.05, 3.63) is 34.6 Å². The second-order valence-corrected chi connectivity index (χ2v) is 5.18. The number of aryl methyl sites for hydroxylation is 3. The lowest BCUT2D eigenvalue weighted by atomic mass is 9.94. The van der Waals surface area contributed by atoms with Crippen LogP contribution in [-0.2, 0) is 12.8 Å². The van der Waals surface area contributed by atoms with Gasteiger partial charge in [0.2, 0.25) is 0 Å². The predicted octanol–water partition coefficient (Wildman–Crippen LogP) is 1.14. The van der Waals surface area contributed by atoms with Gasteiger partial charge >= 0.3 is 0 Å². The summed E-state index contributed by atoms with van der Waals surface area (Å²) in [6, 6.07) is 1.85. The van der Waals surface area contributed by atoms with Crippen molar-refractivity contribution >= 4 is 11.7 Å². The van der Waals surface area contributed by atoms with E-state index in [9.17, 15) is 4.79 Å². The maximum absolute atomic E-state index is 11.7. The lowest BCUT2D eigenvalue weighted by molar-refractivity contribution is 0.0999. The lowest BCUT2D eigenvalue weighted by Crippen LogP contribution is -2.19. The van der Waals surface area contributed by atoms with Gasteiger partial charge in [-0.2, -0.15) is 0 Å². The Bertz CT molecular complexity index is 670. The second-order valence-electron chi connectivity index (χ2n) is 5.18. The van der Waals surface area contributed by atoms with Gasteiger partial charge in [0.15, 0.2) is 5.82 Å². The van der Waals surface area contributed by atoms with E-state index in [4.69, 9.17) is 11.5 Å². The molecule has 0 saturated heterocycles. The summed E-state index contributed by atoms with van der Waals surface area (Å²) in [7, 11) is 0. The molecule has 20 heavy (non-hydrogen) atoms. The number of aromatic nitrogens is 3. The highest BCUT2D eigenvalue weighted by Crippen LogP contribution is 2.24. The van der Waals surface area contributed by atoms with Gasteiger partial charge < -0.3 is 11.5 Å². The Labute approximate surface area is 116 Å². The van der Waals surface area contributed by atoms with Crippen LogP contribution in [0.2, 0.25) is 0 Å². The molecule has 2 heterocycles. The number of hydrogen-bond acceptors (Lipinski definition) is 4. The minimum Gasteiger partial charge on any atom is -0.382 e. The molecule has 0 atom stereocenters. The van der Waals surface area contributed by atoms with E-state index in [1.165, 1.54) is 0 Å². The molecule has 0 bridgehead atoms. The minimum atomic E-state index is -0.493. The van der Waals surface area contributed by atoms with Gasteiger partial charge in [-0.1, -0.05) is 0 Å². The van der Waals surface area contributed by atoms with E-state index >= 15 is 0 Å². The lowest BCUT2D eigenvalue weighted by Gasteiger charge is -2.17. The fourth-order valence-corrected chi connectivity index (χ4v) is 2.56. The quantitative estimate of drug-likeness (QED) is 0.855. The van der Waals surface area contributed by atoms with Gasteiger partial charge in [0.25, 0.3) is 5.91 Å². The average molecular weight is 271 g/mol. The third kappa shape index (κ3) is 2.03. The van der Waals surface area contributed by atoms with Crippen molar-refractivity contribution in [1.29, 1.82) is 0 Å². The van der Waals surface area contributed by atoms with Crippen LogP contribution >= 0.6 is 0 Å². The second kappa shape index (κ2) is 4.63. The maximum Gasteiger partial charge on any atom is 0.252 e. The zero-order chi connectivity index (χ0) is 14.3. The molecule has 1 aliphatic rings. The summed E-state index contributed by atoms with van der Waals surface area (Å²) in [5, 5.41) is 4.20. The van der Waals surface area contributed by atoms with Crippen LogP contribution in [0.5, 0.6) is 0 Å². The number of fused-ring (bicyclic) bond motifs is 1. The zero-order valence-electron chi connectivity index (χ0n) is 11.4. The summed E-state index contributed by atoms with van der Waals surface area (Å²) in [6.07, 6.45) is 5.88. The SMILES string of the molecule is Cc1cn(-c2nc3c(cc2C(N)=O)CCCC3)nc1N. The van der Waals surface area contributed by atoms with Crippen molar-refractivity contribution < 1.29 is 4.79 Å². The number of carbonyl (C=O) groups is 1. The molecule has 2 aromatic rings. The van der Waals surface area contributed by atoms with Crippen LogP contribution in [-0.4, -0.2) is 20.7 Å². The number of anilines is 1. The zero-order valence-corrected chi connectivity index (χ0v) is 11.4.